The number of carbonyl (C=O) groups is 1. The third-order valence-electron chi connectivity index (χ3n) is 8.38. The molecule has 8 heteroatoms. The first-order valence-electron chi connectivity index (χ1n) is 12.3. The normalized spacial score (nSPS) is 25.0. The Labute approximate surface area is 207 Å². The number of halogens is 3. The van der Waals surface area contributed by atoms with Gasteiger partial charge in [0.15, 0.2) is 0 Å². The Balaban J connectivity index is 1.31. The van der Waals surface area contributed by atoms with Crippen LogP contribution in [0.3, 0.4) is 0 Å². The highest BCUT2D eigenvalue weighted by Crippen LogP contribution is 2.64. The van der Waals surface area contributed by atoms with E-state index < -0.39 is 12.4 Å². The van der Waals surface area contributed by atoms with E-state index in [1.807, 2.05) is 35.2 Å². The summed E-state index contributed by atoms with van der Waals surface area (Å²) in [7, 11) is 0. The van der Waals surface area contributed by atoms with Gasteiger partial charge in [0.05, 0.1) is 6.54 Å². The van der Waals surface area contributed by atoms with Crippen molar-refractivity contribution in [2.45, 2.75) is 25.2 Å². The van der Waals surface area contributed by atoms with Crippen molar-refractivity contribution in [1.82, 2.24) is 15.2 Å². The van der Waals surface area contributed by atoms with E-state index in [1.54, 1.807) is 18.2 Å². The fourth-order valence-electron chi connectivity index (χ4n) is 6.42. The lowest BCUT2D eigenvalue weighted by atomic mass is 9.90. The Morgan fingerprint density at radius 1 is 1.11 bits per heavy atom. The number of aromatic nitrogens is 1. The third kappa shape index (κ3) is 3.58. The van der Waals surface area contributed by atoms with Crippen molar-refractivity contribution in [3.63, 3.8) is 0 Å². The number of carbonyl (C=O) groups excluding carboxylic acids is 1. The fraction of sp³-hybridized carbons (Fsp3) is 0.357. The molecular formula is C28H27F3N4O. The molecule has 0 radical (unpaired) electrons. The Morgan fingerprint density at radius 2 is 1.86 bits per heavy atom. The molecule has 2 aliphatic heterocycles. The Hall–Kier alpha value is -3.39. The van der Waals surface area contributed by atoms with E-state index in [2.05, 4.69) is 17.2 Å². The average Bonchev–Trinajstić information content (AvgIpc) is 3.19. The smallest absolute Gasteiger partial charge is 0.251 e. The molecule has 0 spiro atoms. The average molecular weight is 493 g/mol. The van der Waals surface area contributed by atoms with Gasteiger partial charge in [-0.15, -0.1) is 0 Å². The number of likely N-dealkylation sites (tertiary alicyclic amines) is 1. The second-order valence-electron chi connectivity index (χ2n) is 10.2. The maximum atomic E-state index is 15.0. The summed E-state index contributed by atoms with van der Waals surface area (Å²) in [5, 5.41) is 2.83. The summed E-state index contributed by atoms with van der Waals surface area (Å²) in [4.78, 5) is 17.9. The van der Waals surface area contributed by atoms with Crippen molar-refractivity contribution < 1.29 is 18.0 Å². The van der Waals surface area contributed by atoms with E-state index in [0.29, 0.717) is 60.1 Å². The van der Waals surface area contributed by atoms with Crippen LogP contribution in [0.15, 0.2) is 48.5 Å². The molecule has 186 valence electrons. The number of alkyl halides is 2. The molecule has 1 amide bonds. The number of pyridine rings is 1. The maximum absolute atomic E-state index is 15.0. The van der Waals surface area contributed by atoms with Crippen LogP contribution in [0.1, 0.15) is 28.4 Å². The quantitative estimate of drug-likeness (QED) is 0.515. The minimum Gasteiger partial charge on any atom is -0.383 e. The van der Waals surface area contributed by atoms with Crippen LogP contribution in [0.5, 0.6) is 0 Å². The highest BCUT2D eigenvalue weighted by molar-refractivity contribution is 5.97. The van der Waals surface area contributed by atoms with Gasteiger partial charge in [0, 0.05) is 41.7 Å². The summed E-state index contributed by atoms with van der Waals surface area (Å²) in [5.74, 6) is 0.146. The van der Waals surface area contributed by atoms with E-state index in [4.69, 9.17) is 5.73 Å². The van der Waals surface area contributed by atoms with Crippen LogP contribution in [0, 0.1) is 17.8 Å². The summed E-state index contributed by atoms with van der Waals surface area (Å²) in [6, 6.07) is 14.9. The molecule has 1 aliphatic carbocycles. The van der Waals surface area contributed by atoms with E-state index in [9.17, 15) is 18.0 Å². The Kier molecular flexibility index (Phi) is 5.33. The number of nitrogens with two attached hydrogens (primary N) is 1. The first-order chi connectivity index (χ1) is 17.3. The molecule has 3 N–H and O–H groups in total. The lowest BCUT2D eigenvalue weighted by Gasteiger charge is -2.23. The molecule has 36 heavy (non-hydrogen) atoms. The second-order valence-corrected chi connectivity index (χ2v) is 10.2. The van der Waals surface area contributed by atoms with E-state index in [-0.39, 0.29) is 23.7 Å². The SMILES string of the molecule is C[C@@H]1[C@@H]2CN(CC(F)F)C[C@]12c1ccc(-c2cc(-c3ccc4c(c3)CCNC4=O)c(N)nc2F)cc1. The van der Waals surface area contributed by atoms with Gasteiger partial charge < -0.3 is 11.1 Å². The number of anilines is 1. The first kappa shape index (κ1) is 23.0. The molecule has 3 aliphatic rings. The van der Waals surface area contributed by atoms with Crippen molar-refractivity contribution in [3.8, 4) is 22.3 Å². The van der Waals surface area contributed by atoms with Crippen molar-refractivity contribution in [1.29, 1.82) is 0 Å². The zero-order valence-electron chi connectivity index (χ0n) is 19.9. The topological polar surface area (TPSA) is 71.2 Å². The third-order valence-corrected chi connectivity index (χ3v) is 8.38. The predicted molar refractivity (Wildman–Crippen MR) is 132 cm³/mol. The largest absolute Gasteiger partial charge is 0.383 e. The molecule has 6 rings (SSSR count). The van der Waals surface area contributed by atoms with Crippen LogP contribution in [0.4, 0.5) is 19.0 Å². The van der Waals surface area contributed by atoms with Crippen LogP contribution in [0.2, 0.25) is 0 Å². The van der Waals surface area contributed by atoms with Crippen LogP contribution in [0.25, 0.3) is 22.3 Å². The summed E-state index contributed by atoms with van der Waals surface area (Å²) in [5.41, 5.74) is 11.1. The maximum Gasteiger partial charge on any atom is 0.251 e. The van der Waals surface area contributed by atoms with Gasteiger partial charge in [-0.25, -0.2) is 13.8 Å². The number of hydrogen-bond acceptors (Lipinski definition) is 4. The van der Waals surface area contributed by atoms with E-state index in [1.165, 1.54) is 0 Å². The molecule has 5 nitrogen and oxygen atoms in total. The molecule has 3 heterocycles. The monoisotopic (exact) mass is 492 g/mol. The zero-order valence-corrected chi connectivity index (χ0v) is 19.9. The van der Waals surface area contributed by atoms with Gasteiger partial charge in [0.1, 0.15) is 5.82 Å². The van der Waals surface area contributed by atoms with Gasteiger partial charge in [-0.05, 0) is 52.6 Å². The number of fused-ring (bicyclic) bond motifs is 2. The molecule has 0 unspecified atom stereocenters. The van der Waals surface area contributed by atoms with Crippen molar-refractivity contribution >= 4 is 11.7 Å². The number of nitrogens with one attached hydrogen (secondary N) is 1. The Morgan fingerprint density at radius 3 is 2.61 bits per heavy atom. The molecule has 1 saturated carbocycles. The lowest BCUT2D eigenvalue weighted by Crippen LogP contribution is -2.32. The molecular weight excluding hydrogens is 465 g/mol. The molecule has 1 saturated heterocycles. The van der Waals surface area contributed by atoms with Gasteiger partial charge in [-0.1, -0.05) is 43.3 Å². The first-order valence-corrected chi connectivity index (χ1v) is 12.3. The fourth-order valence-corrected chi connectivity index (χ4v) is 6.42. The van der Waals surface area contributed by atoms with Crippen LogP contribution >= 0.6 is 0 Å². The molecule has 2 fully saturated rings. The van der Waals surface area contributed by atoms with E-state index >= 15 is 0 Å². The predicted octanol–water partition coefficient (Wildman–Crippen LogP) is 4.51. The summed E-state index contributed by atoms with van der Waals surface area (Å²) in [6.07, 6.45) is -1.62. The number of nitrogens with zero attached hydrogens (tertiary/aromatic N) is 2. The van der Waals surface area contributed by atoms with Gasteiger partial charge >= 0.3 is 0 Å². The summed E-state index contributed by atoms with van der Waals surface area (Å²) >= 11 is 0. The number of rotatable bonds is 5. The zero-order chi connectivity index (χ0) is 25.2. The van der Waals surface area contributed by atoms with Crippen molar-refractivity contribution in [2.24, 2.45) is 11.8 Å². The highest BCUT2D eigenvalue weighted by Gasteiger charge is 2.67. The highest BCUT2D eigenvalue weighted by atomic mass is 19.3. The summed E-state index contributed by atoms with van der Waals surface area (Å²) < 4.78 is 40.8. The van der Waals surface area contributed by atoms with Gasteiger partial charge in [-0.3, -0.25) is 9.69 Å². The molecule has 3 atom stereocenters. The number of hydrogen-bond donors (Lipinski definition) is 2. The Bertz CT molecular complexity index is 1360. The van der Waals surface area contributed by atoms with Gasteiger partial charge in [-0.2, -0.15) is 4.39 Å². The number of nitrogen functional groups attached to an aromatic ring is 1. The number of benzene rings is 2. The van der Waals surface area contributed by atoms with E-state index in [0.717, 1.165) is 16.7 Å². The number of piperidine rings is 1. The van der Waals surface area contributed by atoms with Crippen LogP contribution < -0.4 is 11.1 Å². The van der Waals surface area contributed by atoms with Gasteiger partial charge in [0.2, 0.25) is 5.95 Å². The standard InChI is InChI=1S/C28H27F3N4O/c1-15-23-12-35(13-24(29)30)14-28(15,23)19-5-2-16(3-6-19)21-11-22(26(32)34-25(21)31)17-4-7-20-18(10-17)8-9-33-27(20)36/h2-7,10-11,15,23-24H,8-9,12-14H2,1H3,(H2,32,34)(H,33,36)/t15-,23+,28-/m1/s1. The van der Waals surface area contributed by atoms with Crippen LogP contribution in [-0.2, 0) is 11.8 Å². The lowest BCUT2D eigenvalue weighted by molar-refractivity contribution is 0.0910. The van der Waals surface area contributed by atoms with Crippen LogP contribution in [-0.4, -0.2) is 48.4 Å². The molecule has 3 aromatic rings. The molecule has 0 bridgehead atoms. The van der Waals surface area contributed by atoms with Crippen molar-refractivity contribution in [3.05, 3.63) is 71.2 Å². The summed E-state index contributed by atoms with van der Waals surface area (Å²) in [6.45, 7) is 3.87. The molecule has 2 aromatic carbocycles. The van der Waals surface area contributed by atoms with Crippen molar-refractivity contribution in [2.75, 3.05) is 31.9 Å². The second kappa shape index (κ2) is 8.34. The minimum absolute atomic E-state index is 0.0895. The molecule has 1 aromatic heterocycles. The minimum atomic E-state index is -2.33. The number of amides is 1. The van der Waals surface area contributed by atoms with Gasteiger partial charge in [0.25, 0.3) is 12.3 Å².